The number of nitrogens with zero attached hydrogens (tertiary/aromatic N) is 4. The molecule has 20 nitrogen and oxygen atoms in total. The van der Waals surface area contributed by atoms with Crippen LogP contribution in [0, 0.1) is 41.1 Å². The van der Waals surface area contributed by atoms with Crippen LogP contribution in [0.5, 0.6) is 0 Å². The molecule has 0 bridgehead atoms. The number of carbonyl (C=O) groups is 4. The van der Waals surface area contributed by atoms with Gasteiger partial charge >= 0.3 is 0 Å². The van der Waals surface area contributed by atoms with E-state index in [9.17, 15) is 66.0 Å². The molecule has 4 aliphatic rings. The number of carbonyl (C=O) groups excluding carboxylic acids is 4. The van der Waals surface area contributed by atoms with Crippen molar-refractivity contribution in [3.63, 3.8) is 0 Å². The summed E-state index contributed by atoms with van der Waals surface area (Å²) in [7, 11) is -14.5. The maximum absolute atomic E-state index is 13.3. The lowest BCUT2D eigenvalue weighted by molar-refractivity contribution is -0.121. The van der Waals surface area contributed by atoms with E-state index in [1.165, 1.54) is 53.6 Å². The minimum Gasteiger partial charge on any atom is -0.326 e. The molecule has 104 heavy (non-hydrogen) atoms. The molecule has 4 fully saturated rings. The van der Waals surface area contributed by atoms with E-state index in [0.717, 1.165) is 12.1 Å². The molecule has 8 aromatic carbocycles. The lowest BCUT2D eigenvalue weighted by atomic mass is 9.98. The van der Waals surface area contributed by atoms with Crippen molar-refractivity contribution in [3.05, 3.63) is 236 Å². The molecule has 552 valence electrons. The summed E-state index contributed by atoms with van der Waals surface area (Å²) >= 11 is 26.8. The second-order valence-corrected chi connectivity index (χ2v) is 34.8. The average molecular weight is 1650 g/mol. The van der Waals surface area contributed by atoms with Gasteiger partial charge in [-0.1, -0.05) is 119 Å². The number of amides is 4. The molecule has 4 unspecified atom stereocenters. The van der Waals surface area contributed by atoms with E-state index < -0.39 is 87.1 Å². The quantitative estimate of drug-likeness (QED) is 0.0704. The van der Waals surface area contributed by atoms with Crippen LogP contribution < -0.4 is 21.3 Å². The maximum Gasteiger partial charge on any atom is 0.243 e. The first-order valence-electron chi connectivity index (χ1n) is 32.8. The fourth-order valence-corrected chi connectivity index (χ4v) is 18.9. The molecule has 32 heteroatoms. The Hall–Kier alpha value is -7.29. The highest BCUT2D eigenvalue weighted by Crippen LogP contribution is 2.33. The van der Waals surface area contributed by atoms with E-state index in [1.807, 2.05) is 0 Å². The van der Waals surface area contributed by atoms with E-state index in [0.29, 0.717) is 114 Å². The van der Waals surface area contributed by atoms with Gasteiger partial charge in [-0.15, -0.1) is 0 Å². The second-order valence-electron chi connectivity index (χ2n) is 24.5. The van der Waals surface area contributed by atoms with Gasteiger partial charge in [-0.05, 0) is 183 Å². The normalized spacial score (nSPS) is 18.5. The van der Waals surface area contributed by atoms with Crippen LogP contribution in [0.15, 0.2) is 218 Å². The van der Waals surface area contributed by atoms with Crippen LogP contribution >= 0.6 is 62.3 Å². The fourth-order valence-electron chi connectivity index (χ4n) is 11.7. The van der Waals surface area contributed by atoms with Crippen LogP contribution in [0.1, 0.15) is 51.4 Å². The molecule has 4 aliphatic heterocycles. The van der Waals surface area contributed by atoms with Gasteiger partial charge in [-0.25, -0.2) is 46.8 Å². The van der Waals surface area contributed by atoms with Crippen molar-refractivity contribution in [2.75, 3.05) is 73.6 Å². The first kappa shape index (κ1) is 80.8. The molecular formula is C72H72BrCl4F3N8O12S4. The summed E-state index contributed by atoms with van der Waals surface area (Å²) in [6.45, 7) is 2.05. The van der Waals surface area contributed by atoms with Crippen LogP contribution in [0.2, 0.25) is 20.1 Å². The van der Waals surface area contributed by atoms with Gasteiger partial charge < -0.3 is 21.3 Å². The van der Waals surface area contributed by atoms with Crippen molar-refractivity contribution in [1.82, 2.24) is 17.2 Å². The second kappa shape index (κ2) is 36.8. The third-order valence-electron chi connectivity index (χ3n) is 17.3. The first-order valence-corrected chi connectivity index (χ1v) is 40.8. The number of hydrogen-bond donors (Lipinski definition) is 4. The summed E-state index contributed by atoms with van der Waals surface area (Å²) in [5, 5.41) is 12.1. The van der Waals surface area contributed by atoms with Crippen LogP contribution in [-0.4, -0.2) is 127 Å². The Bertz CT molecular complexity index is 4230. The Morgan fingerprint density at radius 2 is 0.596 bits per heavy atom. The molecule has 0 aromatic heterocycles. The summed E-state index contributed by atoms with van der Waals surface area (Å²) in [6, 6.07) is 49.8. The van der Waals surface area contributed by atoms with Crippen LogP contribution in [0.25, 0.3) is 0 Å². The molecule has 0 spiro atoms. The molecule has 8 aromatic rings. The SMILES string of the molecule is O=C(Nc1ccc(Cl)c(Br)c1)C1CCCN(S(=O)(=O)c2ccccc2)C1.O=C(Nc1ccc(Cl)c(Cl)c1)C1CCCN(S(=O)(=O)c2ccccc2)C1.O=C(Nc1ccc(F)c(Cl)c1)C1CCCN(S(=O)(=O)c2ccccc2)C1.O=C(Nc1ccc(F)c(F)c1)C1CCCN(S(=O)(=O)c2ccccc2)C1. The van der Waals surface area contributed by atoms with Gasteiger partial charge in [0.05, 0.1) is 63.3 Å². The topological polar surface area (TPSA) is 266 Å². The number of piperidine rings is 4. The fraction of sp³-hybridized carbons (Fsp3) is 0.278. The molecule has 4 N–H and O–H groups in total. The average Bonchev–Trinajstić information content (AvgIpc) is 0.813. The summed E-state index contributed by atoms with van der Waals surface area (Å²) in [5.41, 5.74) is 1.67. The predicted octanol–water partition coefficient (Wildman–Crippen LogP) is 14.7. The van der Waals surface area contributed by atoms with Gasteiger partial charge in [-0.2, -0.15) is 17.2 Å². The Labute approximate surface area is 631 Å². The van der Waals surface area contributed by atoms with Crippen molar-refractivity contribution in [1.29, 1.82) is 0 Å². The molecule has 0 aliphatic carbocycles. The van der Waals surface area contributed by atoms with E-state index >= 15 is 0 Å². The monoisotopic (exact) mass is 1640 g/mol. The highest BCUT2D eigenvalue weighted by atomic mass is 79.9. The molecule has 4 amide bonds. The van der Waals surface area contributed by atoms with Crippen LogP contribution in [-0.2, 0) is 59.3 Å². The van der Waals surface area contributed by atoms with Crippen molar-refractivity contribution in [2.45, 2.75) is 70.9 Å². The van der Waals surface area contributed by atoms with Crippen molar-refractivity contribution < 1.29 is 66.0 Å². The third-order valence-corrected chi connectivity index (χ3v) is 27.1. The van der Waals surface area contributed by atoms with Gasteiger partial charge in [0.25, 0.3) is 0 Å². The van der Waals surface area contributed by atoms with Gasteiger partial charge in [-0.3, -0.25) is 19.2 Å². The standard InChI is InChI=1S/C18H18BrClN2O3S.C18H18Cl2N2O3S.C18H18ClFN2O3S.C18H18F2N2O3S/c19-16-11-14(8-9-17(16)20)21-18(23)13-5-4-10-22(12-13)26(24,25)15-6-2-1-3-7-15;19-16-9-8-14(11-17(16)20)21-18(23)13-5-4-10-22(12-13)26(24,25)15-6-2-1-3-7-15;19-16-11-14(8-9-17(16)20)21-18(23)13-5-4-10-22(12-13)26(24,25)15-6-2-1-3-7-15;19-16-9-8-14(11-17(16)20)21-18(23)13-5-4-10-22(12-13)26(24,25)15-6-2-1-3-7-15/h4*1-3,6-9,11,13H,4-5,10,12H2,(H,21,23). The molecule has 12 rings (SSSR count). The number of sulfonamides is 4. The van der Waals surface area contributed by atoms with Gasteiger partial charge in [0.15, 0.2) is 11.6 Å². The van der Waals surface area contributed by atoms with Crippen molar-refractivity contribution >= 4 is 149 Å². The zero-order valence-electron chi connectivity index (χ0n) is 55.4. The molecule has 4 saturated heterocycles. The Morgan fingerprint density at radius 1 is 0.327 bits per heavy atom. The number of anilines is 4. The van der Waals surface area contributed by atoms with E-state index in [1.54, 1.807) is 146 Å². The van der Waals surface area contributed by atoms with Gasteiger partial charge in [0.2, 0.25) is 63.7 Å². The number of rotatable bonds is 16. The predicted molar refractivity (Wildman–Crippen MR) is 400 cm³/mol. The summed E-state index contributed by atoms with van der Waals surface area (Å²) in [4.78, 5) is 51.0. The molecular weight excluding hydrogens is 1580 g/mol. The lowest BCUT2D eigenvalue weighted by Gasteiger charge is -2.31. The molecule has 0 radical (unpaired) electrons. The summed E-state index contributed by atoms with van der Waals surface area (Å²) in [6.07, 6.45) is 4.81. The van der Waals surface area contributed by atoms with E-state index in [-0.39, 0.29) is 74.2 Å². The van der Waals surface area contributed by atoms with Crippen molar-refractivity contribution in [3.8, 4) is 0 Å². The maximum atomic E-state index is 13.3. The first-order chi connectivity index (χ1) is 49.5. The molecule has 4 atom stereocenters. The minimum atomic E-state index is -3.67. The van der Waals surface area contributed by atoms with E-state index in [4.69, 9.17) is 46.4 Å². The Balaban J connectivity index is 0.000000161. The smallest absolute Gasteiger partial charge is 0.243 e. The molecule has 0 saturated carbocycles. The summed E-state index contributed by atoms with van der Waals surface area (Å²) in [5.74, 6) is -5.61. The van der Waals surface area contributed by atoms with Crippen molar-refractivity contribution in [2.24, 2.45) is 23.7 Å². The Kier molecular flexibility index (Phi) is 28.6. The zero-order chi connectivity index (χ0) is 74.9. The lowest BCUT2D eigenvalue weighted by Crippen LogP contribution is -2.43. The highest BCUT2D eigenvalue weighted by molar-refractivity contribution is 9.10. The molecule has 4 heterocycles. The Morgan fingerprint density at radius 3 is 0.885 bits per heavy atom. The van der Waals surface area contributed by atoms with Crippen LogP contribution in [0.3, 0.4) is 0 Å². The van der Waals surface area contributed by atoms with E-state index in [2.05, 4.69) is 37.2 Å². The van der Waals surface area contributed by atoms with Crippen LogP contribution in [0.4, 0.5) is 35.9 Å². The largest absolute Gasteiger partial charge is 0.326 e. The highest BCUT2D eigenvalue weighted by Gasteiger charge is 2.38. The minimum absolute atomic E-state index is 0.0484. The number of hydrogen-bond acceptors (Lipinski definition) is 12. The van der Waals surface area contributed by atoms with Gasteiger partial charge in [0.1, 0.15) is 5.82 Å². The zero-order valence-corrected chi connectivity index (χ0v) is 63.3. The number of benzene rings is 8. The van der Waals surface area contributed by atoms with Gasteiger partial charge in [0, 0.05) is 85.6 Å². The number of nitrogens with one attached hydrogen (secondary N) is 4. The number of halogens is 8. The third kappa shape index (κ3) is 21.5. The summed E-state index contributed by atoms with van der Waals surface area (Å²) < 4.78 is 147.